The number of hydrogen-bond acceptors (Lipinski definition) is 2. The van der Waals surface area contributed by atoms with E-state index >= 15 is 0 Å². The molecule has 0 aromatic carbocycles. The number of alkyl halides is 1. The third-order valence-electron chi connectivity index (χ3n) is 3.59. The molecule has 0 aliphatic heterocycles. The van der Waals surface area contributed by atoms with Crippen molar-refractivity contribution in [2.45, 2.75) is 35.5 Å². The van der Waals surface area contributed by atoms with Gasteiger partial charge in [-0.1, -0.05) is 0 Å². The van der Waals surface area contributed by atoms with Gasteiger partial charge in [0, 0.05) is 0 Å². The molecule has 2 rings (SSSR count). The van der Waals surface area contributed by atoms with E-state index in [2.05, 4.69) is 0 Å². The molecule has 3 N–H and O–H groups in total. The summed E-state index contributed by atoms with van der Waals surface area (Å²) in [5, 5.41) is 8.83. The van der Waals surface area contributed by atoms with Crippen LogP contribution in [-0.2, 0) is 4.79 Å². The molecule has 76 valence electrons. The molecule has 3 nitrogen and oxygen atoms in total. The summed E-state index contributed by atoms with van der Waals surface area (Å²) in [6, 6.07) is 0. The Kier molecular flexibility index (Phi) is 2.53. The molecule has 4 heteroatoms. The molecular formula is C9H15INO2-. The van der Waals surface area contributed by atoms with E-state index in [0.29, 0.717) is 12.3 Å². The van der Waals surface area contributed by atoms with Crippen molar-refractivity contribution in [3.63, 3.8) is 0 Å². The summed E-state index contributed by atoms with van der Waals surface area (Å²) in [5.74, 6) is 0.833. The van der Waals surface area contributed by atoms with Gasteiger partial charge >= 0.3 is 88.7 Å². The standard InChI is InChI=1S/C9H15INO2/c11-10-9(5-8(12)13)4-6-2-1-3-7(6)9/h6-7H,1-5,11H2,(H,12,13)/q-1/t6-,7-,9+/m1/s1. The summed E-state index contributed by atoms with van der Waals surface area (Å²) in [6.45, 7) is 0. The van der Waals surface area contributed by atoms with Crippen LogP contribution in [0.3, 0.4) is 0 Å². The first-order chi connectivity index (χ1) is 6.18. The van der Waals surface area contributed by atoms with Crippen LogP contribution in [0.5, 0.6) is 0 Å². The molecule has 0 bridgehead atoms. The quantitative estimate of drug-likeness (QED) is 0.359. The average molecular weight is 296 g/mol. The van der Waals surface area contributed by atoms with Crippen molar-refractivity contribution in [3.8, 4) is 0 Å². The molecule has 0 unspecified atom stereocenters. The number of aliphatic carboxylic acids is 1. The summed E-state index contributed by atoms with van der Waals surface area (Å²) >= 11 is -0.404. The van der Waals surface area contributed by atoms with Crippen molar-refractivity contribution in [1.82, 2.24) is 0 Å². The first-order valence-electron chi connectivity index (χ1n) is 4.74. The Labute approximate surface area is 88.7 Å². The summed E-state index contributed by atoms with van der Waals surface area (Å²) in [7, 11) is 0. The zero-order valence-electron chi connectivity index (χ0n) is 7.50. The molecular weight excluding hydrogens is 281 g/mol. The Morgan fingerprint density at radius 3 is 2.92 bits per heavy atom. The zero-order chi connectivity index (χ0) is 9.47. The number of carboxylic acid groups (broad SMARTS) is 1. The SMILES string of the molecule is N[I-][C@]1(CC(=O)O)C[C@H]2CCC[C@H]21. The van der Waals surface area contributed by atoms with Gasteiger partial charge in [0.1, 0.15) is 0 Å². The number of hydrogen-bond donors (Lipinski definition) is 2. The average Bonchev–Trinajstić information content (AvgIpc) is 2.43. The van der Waals surface area contributed by atoms with Crippen LogP contribution in [-0.4, -0.2) is 14.5 Å². The van der Waals surface area contributed by atoms with Gasteiger partial charge in [-0.25, -0.2) is 0 Å². The molecule has 0 aromatic heterocycles. The molecule has 0 heterocycles. The Bertz CT molecular complexity index is 234. The van der Waals surface area contributed by atoms with Crippen molar-refractivity contribution in [2.75, 3.05) is 0 Å². The minimum absolute atomic E-state index is 0.0753. The second-order valence-electron chi connectivity index (χ2n) is 4.22. The van der Waals surface area contributed by atoms with Gasteiger partial charge in [-0.3, -0.25) is 0 Å². The van der Waals surface area contributed by atoms with E-state index in [1.807, 2.05) is 0 Å². The molecule has 3 atom stereocenters. The summed E-state index contributed by atoms with van der Waals surface area (Å²) in [6.07, 6.45) is 5.27. The predicted octanol–water partition coefficient (Wildman–Crippen LogP) is -2.02. The van der Waals surface area contributed by atoms with E-state index in [1.54, 1.807) is 0 Å². The third-order valence-corrected chi connectivity index (χ3v) is 6.45. The summed E-state index contributed by atoms with van der Waals surface area (Å²) in [4.78, 5) is 10.7. The summed E-state index contributed by atoms with van der Waals surface area (Å²) < 4.78 is 5.90. The maximum absolute atomic E-state index is 10.7. The molecule has 0 saturated heterocycles. The maximum atomic E-state index is 10.7. The van der Waals surface area contributed by atoms with Gasteiger partial charge in [-0.2, -0.15) is 0 Å². The Balaban J connectivity index is 2.05. The minimum atomic E-state index is -0.657. The number of rotatable bonds is 3. The molecule has 0 aromatic rings. The molecule has 2 saturated carbocycles. The van der Waals surface area contributed by atoms with Crippen LogP contribution in [0, 0.1) is 11.8 Å². The number of nitrogens with two attached hydrogens (primary N) is 1. The van der Waals surface area contributed by atoms with E-state index in [1.165, 1.54) is 19.3 Å². The van der Waals surface area contributed by atoms with Crippen LogP contribution < -0.4 is 25.4 Å². The Morgan fingerprint density at radius 2 is 2.38 bits per heavy atom. The molecule has 2 aliphatic rings. The van der Waals surface area contributed by atoms with Gasteiger partial charge < -0.3 is 0 Å². The molecule has 0 amide bonds. The molecule has 0 radical (unpaired) electrons. The van der Waals surface area contributed by atoms with Crippen molar-refractivity contribution in [1.29, 1.82) is 0 Å². The molecule has 13 heavy (non-hydrogen) atoms. The zero-order valence-corrected chi connectivity index (χ0v) is 9.66. The monoisotopic (exact) mass is 296 g/mol. The first kappa shape index (κ1) is 9.71. The van der Waals surface area contributed by atoms with Crippen LogP contribution in [0.1, 0.15) is 32.1 Å². The van der Waals surface area contributed by atoms with Crippen LogP contribution in [0.15, 0.2) is 0 Å². The van der Waals surface area contributed by atoms with E-state index in [4.69, 9.17) is 9.05 Å². The second kappa shape index (κ2) is 3.38. The Hall–Kier alpha value is 0.160. The number of carboxylic acids is 1. The fourth-order valence-electron chi connectivity index (χ4n) is 3.01. The van der Waals surface area contributed by atoms with Gasteiger partial charge in [0.25, 0.3) is 0 Å². The number of carbonyl (C=O) groups is 1. The molecule has 0 spiro atoms. The van der Waals surface area contributed by atoms with E-state index in [0.717, 1.165) is 12.3 Å². The second-order valence-corrected chi connectivity index (χ2v) is 6.99. The van der Waals surface area contributed by atoms with E-state index in [9.17, 15) is 4.79 Å². The topological polar surface area (TPSA) is 63.3 Å². The number of halogens is 1. The number of fused-ring (bicyclic) bond motifs is 1. The Morgan fingerprint density at radius 1 is 1.62 bits per heavy atom. The van der Waals surface area contributed by atoms with Gasteiger partial charge in [-0.15, -0.1) is 0 Å². The van der Waals surface area contributed by atoms with Gasteiger partial charge in [0.15, 0.2) is 0 Å². The van der Waals surface area contributed by atoms with Crippen LogP contribution >= 0.6 is 0 Å². The third kappa shape index (κ3) is 1.48. The van der Waals surface area contributed by atoms with Crippen molar-refractivity contribution in [2.24, 2.45) is 15.8 Å². The molecule has 2 fully saturated rings. The van der Waals surface area contributed by atoms with Crippen LogP contribution in [0.25, 0.3) is 0 Å². The van der Waals surface area contributed by atoms with E-state index in [-0.39, 0.29) is 3.42 Å². The van der Waals surface area contributed by atoms with Gasteiger partial charge in [-0.05, 0) is 0 Å². The fourth-order valence-corrected chi connectivity index (χ4v) is 5.66. The normalized spacial score (nSPS) is 42.8. The fraction of sp³-hybridized carbons (Fsp3) is 0.889. The van der Waals surface area contributed by atoms with Crippen molar-refractivity contribution >= 4 is 5.97 Å². The van der Waals surface area contributed by atoms with Crippen LogP contribution in [0.2, 0.25) is 0 Å². The van der Waals surface area contributed by atoms with E-state index < -0.39 is 27.4 Å². The van der Waals surface area contributed by atoms with Crippen molar-refractivity contribution in [3.05, 3.63) is 0 Å². The molecule has 2 aliphatic carbocycles. The van der Waals surface area contributed by atoms with Gasteiger partial charge in [0.2, 0.25) is 0 Å². The van der Waals surface area contributed by atoms with Gasteiger partial charge in [0.05, 0.1) is 0 Å². The van der Waals surface area contributed by atoms with Crippen molar-refractivity contribution < 1.29 is 31.4 Å². The van der Waals surface area contributed by atoms with Crippen LogP contribution in [0.4, 0.5) is 0 Å². The first-order valence-corrected chi connectivity index (χ1v) is 7.07. The predicted molar refractivity (Wildman–Crippen MR) is 44.6 cm³/mol. The summed E-state index contributed by atoms with van der Waals surface area (Å²) in [5.41, 5.74) is 0.